The van der Waals surface area contributed by atoms with Gasteiger partial charge in [-0.1, -0.05) is 0 Å². The minimum absolute atomic E-state index is 0.136. The van der Waals surface area contributed by atoms with Gasteiger partial charge in [-0.25, -0.2) is 0 Å². The van der Waals surface area contributed by atoms with Crippen molar-refractivity contribution in [1.82, 2.24) is 0 Å². The average Bonchev–Trinajstić information content (AvgIpc) is 2.47. The molecule has 14 heavy (non-hydrogen) atoms. The minimum Gasteiger partial charge on any atom is -0.547 e. The summed E-state index contributed by atoms with van der Waals surface area (Å²) in [5.74, 6) is -1.27. The Labute approximate surface area is 81.9 Å². The summed E-state index contributed by atoms with van der Waals surface area (Å²) >= 11 is 0. The molecule has 7 heteroatoms. The summed E-state index contributed by atoms with van der Waals surface area (Å²) in [4.78, 5) is 10.4. The van der Waals surface area contributed by atoms with Crippen molar-refractivity contribution in [3.05, 3.63) is 0 Å². The minimum atomic E-state index is -3.49. The molecule has 1 fully saturated rings. The number of carboxylic acid groups (broad SMARTS) is 1. The Kier molecular flexibility index (Phi) is 3.46. The SMILES string of the molecule is CS(=O)(=O)OC[C@@H]1CC[C@@H](C(=O)[O-])O1. The van der Waals surface area contributed by atoms with Gasteiger partial charge in [-0.3, -0.25) is 4.18 Å². The van der Waals surface area contributed by atoms with Crippen molar-refractivity contribution in [2.75, 3.05) is 12.9 Å². The molecule has 0 saturated carbocycles. The normalized spacial score (nSPS) is 27.8. The summed E-state index contributed by atoms with van der Waals surface area (Å²) in [6.07, 6.45) is 0.308. The summed E-state index contributed by atoms with van der Waals surface area (Å²) in [7, 11) is -3.49. The number of aliphatic carboxylic acids is 1. The lowest BCUT2D eigenvalue weighted by molar-refractivity contribution is -0.316. The Bertz CT molecular complexity index is 308. The van der Waals surface area contributed by atoms with Crippen LogP contribution in [0.4, 0.5) is 0 Å². The van der Waals surface area contributed by atoms with E-state index in [1.807, 2.05) is 0 Å². The molecule has 1 aliphatic rings. The van der Waals surface area contributed by atoms with E-state index < -0.39 is 28.3 Å². The Morgan fingerprint density at radius 2 is 2.21 bits per heavy atom. The van der Waals surface area contributed by atoms with Crippen LogP contribution >= 0.6 is 0 Å². The first-order valence-corrected chi connectivity index (χ1v) is 5.91. The molecule has 0 spiro atoms. The molecule has 0 bridgehead atoms. The number of ether oxygens (including phenoxy) is 1. The molecule has 1 heterocycles. The van der Waals surface area contributed by atoms with Crippen molar-refractivity contribution in [3.63, 3.8) is 0 Å². The van der Waals surface area contributed by atoms with Crippen LogP contribution < -0.4 is 5.11 Å². The molecule has 0 N–H and O–H groups in total. The predicted octanol–water partition coefficient (Wildman–Crippen LogP) is -1.74. The first-order valence-electron chi connectivity index (χ1n) is 4.09. The molecule has 2 atom stereocenters. The molecule has 0 amide bonds. The van der Waals surface area contributed by atoms with Crippen LogP contribution in [0.25, 0.3) is 0 Å². The number of hydrogen-bond acceptors (Lipinski definition) is 6. The van der Waals surface area contributed by atoms with Crippen molar-refractivity contribution in [2.45, 2.75) is 25.0 Å². The number of carboxylic acids is 1. The standard InChI is InChI=1S/C7H12O6S/c1-14(10,11)12-4-5-2-3-6(13-5)7(8)9/h5-6H,2-4H2,1H3,(H,8,9)/p-1/t5-,6-/m0/s1. The van der Waals surface area contributed by atoms with E-state index in [1.165, 1.54) is 0 Å². The van der Waals surface area contributed by atoms with Crippen molar-refractivity contribution in [1.29, 1.82) is 0 Å². The zero-order valence-corrected chi connectivity index (χ0v) is 8.45. The smallest absolute Gasteiger partial charge is 0.264 e. The summed E-state index contributed by atoms with van der Waals surface area (Å²) in [5.41, 5.74) is 0. The molecular weight excluding hydrogens is 212 g/mol. The van der Waals surface area contributed by atoms with Crippen molar-refractivity contribution < 1.29 is 27.2 Å². The van der Waals surface area contributed by atoms with Crippen LogP contribution in [0.5, 0.6) is 0 Å². The molecular formula is C7H11O6S-. The topological polar surface area (TPSA) is 92.7 Å². The van der Waals surface area contributed by atoms with Crippen molar-refractivity contribution in [3.8, 4) is 0 Å². The molecule has 6 nitrogen and oxygen atoms in total. The van der Waals surface area contributed by atoms with E-state index in [9.17, 15) is 18.3 Å². The largest absolute Gasteiger partial charge is 0.547 e. The summed E-state index contributed by atoms with van der Waals surface area (Å²) < 4.78 is 30.6. The maximum Gasteiger partial charge on any atom is 0.264 e. The molecule has 0 aromatic carbocycles. The molecule has 0 aliphatic carbocycles. The van der Waals surface area contributed by atoms with Crippen LogP contribution in [0.15, 0.2) is 0 Å². The number of hydrogen-bond donors (Lipinski definition) is 0. The van der Waals surface area contributed by atoms with Gasteiger partial charge >= 0.3 is 0 Å². The Morgan fingerprint density at radius 3 is 2.64 bits per heavy atom. The number of carbonyl (C=O) groups is 1. The van der Waals surface area contributed by atoms with Crippen LogP contribution in [0.2, 0.25) is 0 Å². The lowest BCUT2D eigenvalue weighted by Gasteiger charge is -2.13. The van der Waals surface area contributed by atoms with Crippen molar-refractivity contribution in [2.24, 2.45) is 0 Å². The summed E-state index contributed by atoms with van der Waals surface area (Å²) in [6, 6.07) is 0. The first-order chi connectivity index (χ1) is 6.38. The number of carbonyl (C=O) groups excluding carboxylic acids is 1. The zero-order chi connectivity index (χ0) is 10.8. The molecule has 1 saturated heterocycles. The highest BCUT2D eigenvalue weighted by molar-refractivity contribution is 7.85. The van der Waals surface area contributed by atoms with E-state index >= 15 is 0 Å². The monoisotopic (exact) mass is 223 g/mol. The highest BCUT2D eigenvalue weighted by Gasteiger charge is 2.26. The fraction of sp³-hybridized carbons (Fsp3) is 0.857. The van der Waals surface area contributed by atoms with Gasteiger partial charge < -0.3 is 14.6 Å². The Hall–Kier alpha value is -0.660. The fourth-order valence-electron chi connectivity index (χ4n) is 1.20. The van der Waals surface area contributed by atoms with E-state index in [0.29, 0.717) is 12.8 Å². The maximum absolute atomic E-state index is 10.6. The molecule has 0 aromatic rings. The first kappa shape index (κ1) is 11.4. The summed E-state index contributed by atoms with van der Waals surface area (Å²) in [6.45, 7) is -0.136. The molecule has 1 aliphatic heterocycles. The second kappa shape index (κ2) is 4.24. The van der Waals surface area contributed by atoms with Gasteiger partial charge in [0.05, 0.1) is 31.0 Å². The Morgan fingerprint density at radius 1 is 1.57 bits per heavy atom. The van der Waals surface area contributed by atoms with Crippen LogP contribution in [-0.4, -0.2) is 39.5 Å². The third-order valence-corrected chi connectivity index (χ3v) is 2.40. The highest BCUT2D eigenvalue weighted by atomic mass is 32.2. The molecule has 0 unspecified atom stereocenters. The lowest BCUT2D eigenvalue weighted by Crippen LogP contribution is -2.36. The lowest BCUT2D eigenvalue weighted by atomic mass is 10.2. The number of rotatable bonds is 4. The Balaban J connectivity index is 2.33. The van der Waals surface area contributed by atoms with Gasteiger partial charge in [0, 0.05) is 0 Å². The van der Waals surface area contributed by atoms with E-state index in [4.69, 9.17) is 4.74 Å². The predicted molar refractivity (Wildman–Crippen MR) is 43.7 cm³/mol. The van der Waals surface area contributed by atoms with Gasteiger partial charge in [0.15, 0.2) is 0 Å². The molecule has 0 aromatic heterocycles. The molecule has 1 rings (SSSR count). The second-order valence-corrected chi connectivity index (χ2v) is 4.78. The van der Waals surface area contributed by atoms with Crippen LogP contribution in [0.3, 0.4) is 0 Å². The fourth-order valence-corrected chi connectivity index (χ4v) is 1.60. The van der Waals surface area contributed by atoms with Crippen LogP contribution in [0, 0.1) is 0 Å². The second-order valence-electron chi connectivity index (χ2n) is 3.13. The third kappa shape index (κ3) is 3.60. The third-order valence-electron chi connectivity index (χ3n) is 1.84. The molecule has 0 radical (unpaired) electrons. The highest BCUT2D eigenvalue weighted by Crippen LogP contribution is 2.19. The van der Waals surface area contributed by atoms with Gasteiger partial charge in [0.1, 0.15) is 0 Å². The van der Waals surface area contributed by atoms with Crippen LogP contribution in [0.1, 0.15) is 12.8 Å². The van der Waals surface area contributed by atoms with Gasteiger partial charge in [-0.05, 0) is 12.8 Å². The van der Waals surface area contributed by atoms with Gasteiger partial charge in [0.25, 0.3) is 10.1 Å². The quantitative estimate of drug-likeness (QED) is 0.525. The molecule has 82 valence electrons. The van der Waals surface area contributed by atoms with Gasteiger partial charge in [-0.2, -0.15) is 8.42 Å². The van der Waals surface area contributed by atoms with Crippen molar-refractivity contribution >= 4 is 16.1 Å². The maximum atomic E-state index is 10.6. The van der Waals surface area contributed by atoms with E-state index in [1.54, 1.807) is 0 Å². The van der Waals surface area contributed by atoms with E-state index in [2.05, 4.69) is 4.18 Å². The van der Waals surface area contributed by atoms with Crippen LogP contribution in [-0.2, 0) is 23.8 Å². The van der Waals surface area contributed by atoms with Gasteiger partial charge in [0.2, 0.25) is 0 Å². The van der Waals surface area contributed by atoms with Gasteiger partial charge in [-0.15, -0.1) is 0 Å². The zero-order valence-electron chi connectivity index (χ0n) is 7.63. The van der Waals surface area contributed by atoms with E-state index in [0.717, 1.165) is 6.26 Å². The summed E-state index contributed by atoms with van der Waals surface area (Å²) in [5, 5.41) is 10.4. The average molecular weight is 223 g/mol. The van der Waals surface area contributed by atoms with E-state index in [-0.39, 0.29) is 6.61 Å².